The van der Waals surface area contributed by atoms with E-state index in [-0.39, 0.29) is 27.0 Å². The van der Waals surface area contributed by atoms with E-state index in [4.69, 9.17) is 0 Å². The molecule has 2 aromatic carbocycles. The maximum atomic E-state index is 12.8. The molecule has 0 fully saturated rings. The number of aromatic amines is 1. The van der Waals surface area contributed by atoms with E-state index in [0.29, 0.717) is 5.52 Å². The molecular weight excluding hydrogens is 373 g/mol. The number of fused-ring (bicyclic) bond motifs is 2. The molecule has 0 saturated heterocycles. The van der Waals surface area contributed by atoms with Gasteiger partial charge < -0.3 is 4.98 Å². The van der Waals surface area contributed by atoms with Crippen LogP contribution in [0.4, 0.5) is 18.9 Å². The van der Waals surface area contributed by atoms with Gasteiger partial charge in [-0.15, -0.1) is 0 Å². The average molecular weight is 382 g/mol. The number of nitrogens with one attached hydrogen (secondary N) is 2. The van der Waals surface area contributed by atoms with Crippen LogP contribution >= 0.6 is 0 Å². The lowest BCUT2D eigenvalue weighted by Crippen LogP contribution is -2.13. The Morgan fingerprint density at radius 1 is 1.12 bits per heavy atom. The molecule has 0 aliphatic heterocycles. The maximum Gasteiger partial charge on any atom is 0.416 e. The number of halogens is 3. The van der Waals surface area contributed by atoms with Crippen molar-refractivity contribution in [3.63, 3.8) is 0 Å². The number of anilines is 1. The van der Waals surface area contributed by atoms with E-state index in [2.05, 4.69) is 24.6 Å². The molecule has 4 aromatic rings. The van der Waals surface area contributed by atoms with E-state index in [9.17, 15) is 21.6 Å². The van der Waals surface area contributed by atoms with Crippen LogP contribution in [0.1, 0.15) is 5.56 Å². The fourth-order valence-electron chi connectivity index (χ4n) is 2.59. The molecule has 2 N–H and O–H groups in total. The minimum absolute atomic E-state index is 0.0570. The van der Waals surface area contributed by atoms with Crippen LogP contribution in [-0.2, 0) is 16.2 Å². The van der Waals surface area contributed by atoms with Crippen molar-refractivity contribution in [1.29, 1.82) is 0 Å². The number of rotatable bonds is 3. The lowest BCUT2D eigenvalue weighted by molar-refractivity contribution is -0.137. The molecule has 7 nitrogen and oxygen atoms in total. The number of aromatic nitrogens is 3. The van der Waals surface area contributed by atoms with Gasteiger partial charge in [-0.1, -0.05) is 12.1 Å². The Morgan fingerprint density at radius 2 is 1.92 bits per heavy atom. The number of H-pyrrole nitrogens is 1. The first kappa shape index (κ1) is 16.4. The summed E-state index contributed by atoms with van der Waals surface area (Å²) in [5.74, 6) is 0. The van der Waals surface area contributed by atoms with Gasteiger partial charge in [-0.25, -0.2) is 13.0 Å². The number of alkyl halides is 3. The van der Waals surface area contributed by atoms with Gasteiger partial charge in [0.05, 0.1) is 11.3 Å². The van der Waals surface area contributed by atoms with Gasteiger partial charge in [0.15, 0.2) is 5.52 Å². The summed E-state index contributed by atoms with van der Waals surface area (Å²) in [6.45, 7) is 0. The standard InChI is InChI=1S/C15H9F3N4O3S/c16-15(17,18)8-4-5-9-12(6-8)19-7-13(9)26(23,24)22-11-3-1-2-10-14(11)21-25-20-10/h1-7,19,22H. The van der Waals surface area contributed by atoms with Crippen LogP contribution in [0.5, 0.6) is 0 Å². The third-order valence-corrected chi connectivity index (χ3v) is 5.20. The van der Waals surface area contributed by atoms with Gasteiger partial charge in [-0.2, -0.15) is 13.2 Å². The zero-order valence-corrected chi connectivity index (χ0v) is 13.5. The molecule has 0 saturated carbocycles. The topological polar surface area (TPSA) is 101 Å². The lowest BCUT2D eigenvalue weighted by atomic mass is 10.1. The second-order valence-electron chi connectivity index (χ2n) is 5.45. The first-order valence-electron chi connectivity index (χ1n) is 7.18. The van der Waals surface area contributed by atoms with Gasteiger partial charge in [0.2, 0.25) is 0 Å². The predicted molar refractivity (Wildman–Crippen MR) is 85.9 cm³/mol. The molecule has 26 heavy (non-hydrogen) atoms. The van der Waals surface area contributed by atoms with Crippen molar-refractivity contribution in [3.05, 3.63) is 48.2 Å². The summed E-state index contributed by atoms with van der Waals surface area (Å²) in [4.78, 5) is 2.37. The highest BCUT2D eigenvalue weighted by Gasteiger charge is 2.31. The summed E-state index contributed by atoms with van der Waals surface area (Å²) in [6, 6.07) is 7.43. The average Bonchev–Trinajstić information content (AvgIpc) is 3.20. The van der Waals surface area contributed by atoms with Crippen LogP contribution in [0.3, 0.4) is 0 Å². The van der Waals surface area contributed by atoms with Crippen LogP contribution in [0, 0.1) is 0 Å². The molecule has 4 rings (SSSR count). The molecule has 0 unspecified atom stereocenters. The number of sulfonamides is 1. The minimum Gasteiger partial charge on any atom is -0.360 e. The summed E-state index contributed by atoms with van der Waals surface area (Å²) in [5, 5.41) is 7.40. The SMILES string of the molecule is O=S(=O)(Nc1cccc2nonc12)c1c[nH]c2cc(C(F)(F)F)ccc12. The Bertz CT molecular complexity index is 1230. The van der Waals surface area contributed by atoms with E-state index in [1.54, 1.807) is 12.1 Å². The molecule has 2 aromatic heterocycles. The lowest BCUT2D eigenvalue weighted by Gasteiger charge is -2.08. The molecule has 0 amide bonds. The third-order valence-electron chi connectivity index (χ3n) is 3.79. The van der Waals surface area contributed by atoms with Gasteiger partial charge in [0.1, 0.15) is 10.4 Å². The molecule has 0 aliphatic carbocycles. The summed E-state index contributed by atoms with van der Waals surface area (Å²) in [5.41, 5.74) is -0.0945. The summed E-state index contributed by atoms with van der Waals surface area (Å²) < 4.78 is 70.7. The Balaban J connectivity index is 1.78. The second kappa shape index (κ2) is 5.46. The Labute approximate surface area is 143 Å². The zero-order chi connectivity index (χ0) is 18.5. The predicted octanol–water partition coefficient (Wildman–Crippen LogP) is 3.52. The van der Waals surface area contributed by atoms with Crippen LogP contribution < -0.4 is 4.72 Å². The van der Waals surface area contributed by atoms with E-state index in [1.165, 1.54) is 6.07 Å². The minimum atomic E-state index is -4.52. The normalized spacial score (nSPS) is 12.7. The maximum absolute atomic E-state index is 12.8. The number of hydrogen-bond donors (Lipinski definition) is 2. The molecule has 0 atom stereocenters. The monoisotopic (exact) mass is 382 g/mol. The van der Waals surface area contributed by atoms with Gasteiger partial charge in [-0.05, 0) is 34.6 Å². The van der Waals surface area contributed by atoms with E-state index in [1.807, 2.05) is 0 Å². The molecule has 0 spiro atoms. The summed E-state index contributed by atoms with van der Waals surface area (Å²) >= 11 is 0. The third kappa shape index (κ3) is 2.65. The Morgan fingerprint density at radius 3 is 2.69 bits per heavy atom. The van der Waals surface area contributed by atoms with Crippen LogP contribution in [0.15, 0.2) is 52.1 Å². The Kier molecular flexibility index (Phi) is 3.44. The van der Waals surface area contributed by atoms with Crippen molar-refractivity contribution >= 4 is 37.6 Å². The largest absolute Gasteiger partial charge is 0.416 e. The molecular formula is C15H9F3N4O3S. The van der Waals surface area contributed by atoms with Gasteiger partial charge in [0.25, 0.3) is 10.0 Å². The molecule has 134 valence electrons. The molecule has 0 aliphatic rings. The summed E-state index contributed by atoms with van der Waals surface area (Å²) in [7, 11) is -4.09. The quantitative estimate of drug-likeness (QED) is 0.565. The first-order valence-corrected chi connectivity index (χ1v) is 8.66. The Hall–Kier alpha value is -3.08. The van der Waals surface area contributed by atoms with Gasteiger partial charge in [0, 0.05) is 17.1 Å². The number of benzene rings is 2. The summed E-state index contributed by atoms with van der Waals surface area (Å²) in [6.07, 6.45) is -3.39. The van der Waals surface area contributed by atoms with Crippen molar-refractivity contribution < 1.29 is 26.2 Å². The van der Waals surface area contributed by atoms with Crippen LogP contribution in [0.25, 0.3) is 21.9 Å². The van der Waals surface area contributed by atoms with Crippen LogP contribution in [0.2, 0.25) is 0 Å². The first-order chi connectivity index (χ1) is 12.3. The molecule has 0 radical (unpaired) electrons. The van der Waals surface area contributed by atoms with E-state index in [0.717, 1.165) is 24.4 Å². The fraction of sp³-hybridized carbons (Fsp3) is 0.0667. The van der Waals surface area contributed by atoms with Crippen LogP contribution in [-0.4, -0.2) is 23.7 Å². The second-order valence-corrected chi connectivity index (χ2v) is 7.10. The molecule has 11 heteroatoms. The van der Waals surface area contributed by atoms with E-state index < -0.39 is 21.8 Å². The van der Waals surface area contributed by atoms with E-state index >= 15 is 0 Å². The highest BCUT2D eigenvalue weighted by molar-refractivity contribution is 7.93. The molecule has 2 heterocycles. The van der Waals surface area contributed by atoms with Crippen molar-refractivity contribution in [2.75, 3.05) is 4.72 Å². The highest BCUT2D eigenvalue weighted by atomic mass is 32.2. The van der Waals surface area contributed by atoms with Crippen molar-refractivity contribution in [1.82, 2.24) is 15.3 Å². The van der Waals surface area contributed by atoms with Crippen molar-refractivity contribution in [3.8, 4) is 0 Å². The smallest absolute Gasteiger partial charge is 0.360 e. The molecule has 0 bridgehead atoms. The number of hydrogen-bond acceptors (Lipinski definition) is 5. The number of nitrogens with zero attached hydrogens (tertiary/aromatic N) is 2. The zero-order valence-electron chi connectivity index (χ0n) is 12.7. The fourth-order valence-corrected chi connectivity index (χ4v) is 3.83. The highest BCUT2D eigenvalue weighted by Crippen LogP contribution is 2.33. The van der Waals surface area contributed by atoms with Gasteiger partial charge in [-0.3, -0.25) is 4.72 Å². The van der Waals surface area contributed by atoms with Crippen molar-refractivity contribution in [2.45, 2.75) is 11.1 Å². The van der Waals surface area contributed by atoms with Gasteiger partial charge >= 0.3 is 6.18 Å². The van der Waals surface area contributed by atoms with Crippen molar-refractivity contribution in [2.24, 2.45) is 0 Å².